The number of methoxy groups -OCH3 is 1. The first-order chi connectivity index (χ1) is 12.9. The maximum atomic E-state index is 12.1. The molecule has 0 spiro atoms. The Labute approximate surface area is 159 Å². The van der Waals surface area contributed by atoms with Crippen LogP contribution in [0.2, 0.25) is 0 Å². The lowest BCUT2D eigenvalue weighted by Gasteiger charge is -2.17. The molecule has 0 bridgehead atoms. The van der Waals surface area contributed by atoms with Crippen LogP contribution in [0.5, 0.6) is 0 Å². The van der Waals surface area contributed by atoms with Gasteiger partial charge in [0.25, 0.3) is 0 Å². The van der Waals surface area contributed by atoms with E-state index in [-0.39, 0.29) is 43.4 Å². The van der Waals surface area contributed by atoms with Crippen LogP contribution in [0.15, 0.2) is 30.3 Å². The first-order valence-corrected chi connectivity index (χ1v) is 9.10. The van der Waals surface area contributed by atoms with Crippen molar-refractivity contribution in [1.82, 2.24) is 10.6 Å². The molecule has 7 nitrogen and oxygen atoms in total. The molecule has 0 unspecified atom stereocenters. The minimum absolute atomic E-state index is 0.00475. The summed E-state index contributed by atoms with van der Waals surface area (Å²) in [6, 6.07) is 8.46. The summed E-state index contributed by atoms with van der Waals surface area (Å²) >= 11 is 0. The van der Waals surface area contributed by atoms with Gasteiger partial charge in [-0.1, -0.05) is 37.3 Å². The Morgan fingerprint density at radius 1 is 0.963 bits per heavy atom. The van der Waals surface area contributed by atoms with Crippen LogP contribution < -0.4 is 10.6 Å². The molecule has 0 radical (unpaired) electrons. The zero-order valence-corrected chi connectivity index (χ0v) is 16.1. The molecule has 7 heteroatoms. The van der Waals surface area contributed by atoms with E-state index in [1.54, 1.807) is 6.92 Å². The standard InChI is InChI=1S/C20H28N2O5/c1-4-16(23)10-11-17(20(26)27-3)22-19(25)13-12-18(24)21-14(2)15-8-6-5-7-9-15/h5-9,14,17H,4,10-13H2,1-3H3,(H,21,24)(H,22,25)/t14-,17-/m1/s1. The third kappa shape index (κ3) is 8.48. The molecule has 0 fully saturated rings. The highest BCUT2D eigenvalue weighted by Crippen LogP contribution is 2.11. The number of amides is 2. The van der Waals surface area contributed by atoms with Crippen LogP contribution in [0, 0.1) is 0 Å². The van der Waals surface area contributed by atoms with Gasteiger partial charge >= 0.3 is 5.97 Å². The molecule has 27 heavy (non-hydrogen) atoms. The van der Waals surface area contributed by atoms with Crippen molar-refractivity contribution in [2.75, 3.05) is 7.11 Å². The van der Waals surface area contributed by atoms with Crippen molar-refractivity contribution in [3.05, 3.63) is 35.9 Å². The lowest BCUT2D eigenvalue weighted by atomic mass is 10.1. The van der Waals surface area contributed by atoms with Gasteiger partial charge < -0.3 is 15.4 Å². The van der Waals surface area contributed by atoms with E-state index in [9.17, 15) is 19.2 Å². The van der Waals surface area contributed by atoms with E-state index in [0.29, 0.717) is 6.42 Å². The third-order valence-corrected chi connectivity index (χ3v) is 4.18. The van der Waals surface area contributed by atoms with E-state index < -0.39 is 17.9 Å². The van der Waals surface area contributed by atoms with Gasteiger partial charge in [0, 0.05) is 25.7 Å². The number of hydrogen-bond acceptors (Lipinski definition) is 5. The molecule has 0 saturated heterocycles. The van der Waals surface area contributed by atoms with Crippen molar-refractivity contribution in [2.24, 2.45) is 0 Å². The zero-order chi connectivity index (χ0) is 20.2. The summed E-state index contributed by atoms with van der Waals surface area (Å²) in [6.07, 6.45) is 0.697. The largest absolute Gasteiger partial charge is 0.467 e. The fourth-order valence-electron chi connectivity index (χ4n) is 2.51. The molecule has 0 aromatic heterocycles. The predicted octanol–water partition coefficient (Wildman–Crippen LogP) is 2.06. The molecule has 2 atom stereocenters. The average molecular weight is 376 g/mol. The second-order valence-corrected chi connectivity index (χ2v) is 6.27. The fraction of sp³-hybridized carbons (Fsp3) is 0.500. The number of ketones is 1. The van der Waals surface area contributed by atoms with Gasteiger partial charge in [-0.25, -0.2) is 4.79 Å². The maximum Gasteiger partial charge on any atom is 0.328 e. The van der Waals surface area contributed by atoms with Crippen molar-refractivity contribution >= 4 is 23.6 Å². The Balaban J connectivity index is 2.45. The minimum atomic E-state index is -0.885. The van der Waals surface area contributed by atoms with Crippen LogP contribution in [0.1, 0.15) is 57.6 Å². The SMILES string of the molecule is CCC(=O)CC[C@@H](NC(=O)CCC(=O)N[C@H](C)c1ccccc1)C(=O)OC. The van der Waals surface area contributed by atoms with E-state index in [0.717, 1.165) is 5.56 Å². The fourth-order valence-corrected chi connectivity index (χ4v) is 2.51. The molecule has 1 aromatic carbocycles. The first-order valence-electron chi connectivity index (χ1n) is 9.10. The van der Waals surface area contributed by atoms with Crippen LogP contribution in [0.3, 0.4) is 0 Å². The molecule has 0 heterocycles. The minimum Gasteiger partial charge on any atom is -0.467 e. The monoisotopic (exact) mass is 376 g/mol. The van der Waals surface area contributed by atoms with E-state index in [1.165, 1.54) is 7.11 Å². The predicted molar refractivity (Wildman–Crippen MR) is 101 cm³/mol. The summed E-state index contributed by atoms with van der Waals surface area (Å²) in [4.78, 5) is 47.3. The molecule has 2 N–H and O–H groups in total. The van der Waals surface area contributed by atoms with Gasteiger partial charge in [0.1, 0.15) is 11.8 Å². The number of esters is 1. The van der Waals surface area contributed by atoms with E-state index >= 15 is 0 Å². The molecule has 0 aliphatic rings. The topological polar surface area (TPSA) is 102 Å². The van der Waals surface area contributed by atoms with Crippen LogP contribution in [-0.2, 0) is 23.9 Å². The number of carbonyl (C=O) groups excluding carboxylic acids is 4. The smallest absolute Gasteiger partial charge is 0.328 e. The van der Waals surface area contributed by atoms with Crippen molar-refractivity contribution in [3.8, 4) is 0 Å². The number of nitrogens with one attached hydrogen (secondary N) is 2. The number of Topliss-reactive ketones (excluding diaryl/α,β-unsaturated/α-hetero) is 1. The Kier molecular flexibility index (Phi) is 9.79. The second kappa shape index (κ2) is 11.8. The van der Waals surface area contributed by atoms with Gasteiger partial charge in [-0.2, -0.15) is 0 Å². The van der Waals surface area contributed by atoms with Crippen LogP contribution in [-0.4, -0.2) is 36.7 Å². The summed E-state index contributed by atoms with van der Waals surface area (Å²) in [5.41, 5.74) is 0.974. The summed E-state index contributed by atoms with van der Waals surface area (Å²) in [5, 5.41) is 5.37. The molecule has 0 aliphatic carbocycles. The van der Waals surface area contributed by atoms with Crippen molar-refractivity contribution < 1.29 is 23.9 Å². The van der Waals surface area contributed by atoms with Crippen LogP contribution in [0.4, 0.5) is 0 Å². The quantitative estimate of drug-likeness (QED) is 0.576. The summed E-state index contributed by atoms with van der Waals surface area (Å²) < 4.78 is 4.66. The van der Waals surface area contributed by atoms with Gasteiger partial charge in [-0.15, -0.1) is 0 Å². The number of rotatable bonds is 11. The second-order valence-electron chi connectivity index (χ2n) is 6.27. The number of carbonyl (C=O) groups is 4. The van der Waals surface area contributed by atoms with Gasteiger partial charge in [-0.05, 0) is 18.9 Å². The number of ether oxygens (including phenoxy) is 1. The van der Waals surface area contributed by atoms with E-state index in [1.807, 2.05) is 37.3 Å². The van der Waals surface area contributed by atoms with Gasteiger partial charge in [0.2, 0.25) is 11.8 Å². The molecule has 1 rings (SSSR count). The molecule has 0 saturated carbocycles. The molecule has 0 aliphatic heterocycles. The Morgan fingerprint density at radius 2 is 1.56 bits per heavy atom. The molecule has 2 amide bonds. The maximum absolute atomic E-state index is 12.1. The van der Waals surface area contributed by atoms with Crippen LogP contribution in [0.25, 0.3) is 0 Å². The van der Waals surface area contributed by atoms with E-state index in [2.05, 4.69) is 15.4 Å². The number of hydrogen-bond donors (Lipinski definition) is 2. The first kappa shape index (κ1) is 22.3. The highest BCUT2D eigenvalue weighted by molar-refractivity contribution is 5.88. The third-order valence-electron chi connectivity index (χ3n) is 4.18. The van der Waals surface area contributed by atoms with E-state index in [4.69, 9.17) is 0 Å². The molecular weight excluding hydrogens is 348 g/mol. The summed E-state index contributed by atoms with van der Waals surface area (Å²) in [6.45, 7) is 3.61. The average Bonchev–Trinajstić information content (AvgIpc) is 2.69. The Hall–Kier alpha value is -2.70. The zero-order valence-electron chi connectivity index (χ0n) is 16.1. The lowest BCUT2D eigenvalue weighted by molar-refractivity contribution is -0.145. The van der Waals surface area contributed by atoms with Gasteiger partial charge in [-0.3, -0.25) is 14.4 Å². The van der Waals surface area contributed by atoms with Gasteiger partial charge in [0.05, 0.1) is 13.2 Å². The lowest BCUT2D eigenvalue weighted by Crippen LogP contribution is -2.42. The van der Waals surface area contributed by atoms with Crippen molar-refractivity contribution in [3.63, 3.8) is 0 Å². The number of benzene rings is 1. The Morgan fingerprint density at radius 3 is 2.11 bits per heavy atom. The van der Waals surface area contributed by atoms with Crippen molar-refractivity contribution in [1.29, 1.82) is 0 Å². The van der Waals surface area contributed by atoms with Gasteiger partial charge in [0.15, 0.2) is 0 Å². The molecule has 148 valence electrons. The summed E-state index contributed by atoms with van der Waals surface area (Å²) in [5.74, 6) is -1.28. The molecule has 1 aromatic rings. The molecular formula is C20H28N2O5. The highest BCUT2D eigenvalue weighted by Gasteiger charge is 2.22. The van der Waals surface area contributed by atoms with Crippen LogP contribution >= 0.6 is 0 Å². The summed E-state index contributed by atoms with van der Waals surface area (Å²) in [7, 11) is 1.22. The van der Waals surface area contributed by atoms with Crippen molar-refractivity contribution in [2.45, 2.75) is 58.0 Å². The highest BCUT2D eigenvalue weighted by atomic mass is 16.5. The normalized spacial score (nSPS) is 12.6. The Bertz CT molecular complexity index is 645.